The minimum atomic E-state index is -0.441. The molecule has 0 saturated heterocycles. The minimum Gasteiger partial charge on any atom is -0.497 e. The van der Waals surface area contributed by atoms with Gasteiger partial charge < -0.3 is 19.4 Å². The van der Waals surface area contributed by atoms with E-state index in [1.54, 1.807) is 13.2 Å². The standard InChI is InChI=1S/C20H23N3O3/c1-4-23(5-2)19-11-10-18(26-19)12-16(13-21)20(24)22-14-15-6-8-17(25-3)9-7-15/h6-12H,4-5,14H2,1-3H3,(H,22,24)/b16-12-. The van der Waals surface area contributed by atoms with Crippen molar-refractivity contribution in [2.75, 3.05) is 25.1 Å². The van der Waals surface area contributed by atoms with Gasteiger partial charge in [-0.15, -0.1) is 0 Å². The summed E-state index contributed by atoms with van der Waals surface area (Å²) in [6.07, 6.45) is 1.45. The number of anilines is 1. The van der Waals surface area contributed by atoms with Crippen molar-refractivity contribution in [2.24, 2.45) is 0 Å². The summed E-state index contributed by atoms with van der Waals surface area (Å²) in [5, 5.41) is 12.0. The molecule has 0 aliphatic rings. The summed E-state index contributed by atoms with van der Waals surface area (Å²) in [6.45, 7) is 6.04. The third-order valence-electron chi connectivity index (χ3n) is 3.95. The molecular formula is C20H23N3O3. The van der Waals surface area contributed by atoms with E-state index in [0.717, 1.165) is 30.3 Å². The van der Waals surface area contributed by atoms with Crippen LogP contribution in [0.2, 0.25) is 0 Å². The van der Waals surface area contributed by atoms with Crippen molar-refractivity contribution in [1.29, 1.82) is 5.26 Å². The number of rotatable bonds is 8. The molecule has 0 spiro atoms. The van der Waals surface area contributed by atoms with Crippen molar-refractivity contribution in [3.8, 4) is 11.8 Å². The molecule has 26 heavy (non-hydrogen) atoms. The van der Waals surface area contributed by atoms with Gasteiger partial charge in [0.15, 0.2) is 5.88 Å². The predicted octanol–water partition coefficient (Wildman–Crippen LogP) is 3.36. The SMILES string of the molecule is CCN(CC)c1ccc(/C=C(/C#N)C(=O)NCc2ccc(OC)cc2)o1. The first-order valence-corrected chi connectivity index (χ1v) is 8.49. The molecule has 1 aromatic carbocycles. The zero-order valence-corrected chi connectivity index (χ0v) is 15.3. The third-order valence-corrected chi connectivity index (χ3v) is 3.95. The lowest BCUT2D eigenvalue weighted by Gasteiger charge is -2.16. The lowest BCUT2D eigenvalue weighted by molar-refractivity contribution is -0.117. The van der Waals surface area contributed by atoms with E-state index in [1.165, 1.54) is 6.08 Å². The molecule has 136 valence electrons. The number of hydrogen-bond donors (Lipinski definition) is 1. The van der Waals surface area contributed by atoms with Crippen LogP contribution in [0.15, 0.2) is 46.4 Å². The second-order valence-corrected chi connectivity index (χ2v) is 5.55. The molecule has 6 nitrogen and oxygen atoms in total. The Bertz CT molecular complexity index is 796. The maximum absolute atomic E-state index is 12.2. The third kappa shape index (κ3) is 4.90. The van der Waals surface area contributed by atoms with Gasteiger partial charge in [0.1, 0.15) is 23.2 Å². The molecule has 2 aromatic rings. The predicted molar refractivity (Wildman–Crippen MR) is 101 cm³/mol. The van der Waals surface area contributed by atoms with Gasteiger partial charge in [0, 0.05) is 31.8 Å². The molecule has 1 amide bonds. The highest BCUT2D eigenvalue weighted by Gasteiger charge is 2.12. The fraction of sp³-hybridized carbons (Fsp3) is 0.300. The van der Waals surface area contributed by atoms with E-state index in [0.29, 0.717) is 12.3 Å². The van der Waals surface area contributed by atoms with E-state index < -0.39 is 5.91 Å². The average Bonchev–Trinajstić information content (AvgIpc) is 3.14. The van der Waals surface area contributed by atoms with Crippen LogP contribution in [0.1, 0.15) is 25.2 Å². The number of carbonyl (C=O) groups is 1. The summed E-state index contributed by atoms with van der Waals surface area (Å²) in [4.78, 5) is 14.3. The lowest BCUT2D eigenvalue weighted by Crippen LogP contribution is -2.23. The molecule has 2 rings (SSSR count). The first-order valence-electron chi connectivity index (χ1n) is 8.49. The molecule has 0 fully saturated rings. The summed E-state index contributed by atoms with van der Waals surface area (Å²) in [7, 11) is 1.60. The Hall–Kier alpha value is -3.20. The number of carbonyl (C=O) groups excluding carboxylic acids is 1. The van der Waals surface area contributed by atoms with Gasteiger partial charge in [-0.2, -0.15) is 5.26 Å². The number of methoxy groups -OCH3 is 1. The fourth-order valence-corrected chi connectivity index (χ4v) is 2.44. The number of nitrogens with zero attached hydrogens (tertiary/aromatic N) is 2. The maximum atomic E-state index is 12.2. The van der Waals surface area contributed by atoms with Gasteiger partial charge in [-0.25, -0.2) is 0 Å². The van der Waals surface area contributed by atoms with Crippen LogP contribution in [0.4, 0.5) is 5.88 Å². The highest BCUT2D eigenvalue weighted by molar-refractivity contribution is 6.01. The number of furan rings is 1. The van der Waals surface area contributed by atoms with Crippen LogP contribution in [0.5, 0.6) is 5.75 Å². The molecule has 0 unspecified atom stereocenters. The summed E-state index contributed by atoms with van der Waals surface area (Å²) in [5.41, 5.74) is 0.914. The van der Waals surface area contributed by atoms with Crippen molar-refractivity contribution < 1.29 is 13.9 Å². The molecule has 0 atom stereocenters. The summed E-state index contributed by atoms with van der Waals surface area (Å²) >= 11 is 0. The summed E-state index contributed by atoms with van der Waals surface area (Å²) in [6, 6.07) is 12.9. The molecular weight excluding hydrogens is 330 g/mol. The number of nitrogens with one attached hydrogen (secondary N) is 1. The minimum absolute atomic E-state index is 0.000964. The van der Waals surface area contributed by atoms with Gasteiger partial charge in [-0.3, -0.25) is 4.79 Å². The van der Waals surface area contributed by atoms with E-state index in [2.05, 4.69) is 5.32 Å². The Balaban J connectivity index is 2.03. The molecule has 0 radical (unpaired) electrons. The van der Waals surface area contributed by atoms with Gasteiger partial charge in [0.2, 0.25) is 0 Å². The summed E-state index contributed by atoms with van der Waals surface area (Å²) in [5.74, 6) is 1.50. The molecule has 0 aliphatic carbocycles. The van der Waals surface area contributed by atoms with Crippen LogP contribution in [-0.4, -0.2) is 26.1 Å². The van der Waals surface area contributed by atoms with Crippen LogP contribution in [0.3, 0.4) is 0 Å². The first kappa shape index (κ1) is 19.1. The van der Waals surface area contributed by atoms with E-state index in [4.69, 9.17) is 9.15 Å². The number of hydrogen-bond acceptors (Lipinski definition) is 5. The second-order valence-electron chi connectivity index (χ2n) is 5.55. The van der Waals surface area contributed by atoms with Crippen LogP contribution >= 0.6 is 0 Å². The topological polar surface area (TPSA) is 78.5 Å². The summed E-state index contributed by atoms with van der Waals surface area (Å²) < 4.78 is 10.8. The van der Waals surface area contributed by atoms with Crippen molar-refractivity contribution in [3.63, 3.8) is 0 Å². The zero-order valence-electron chi connectivity index (χ0n) is 15.3. The monoisotopic (exact) mass is 353 g/mol. The van der Waals surface area contributed by atoms with Crippen LogP contribution in [-0.2, 0) is 11.3 Å². The molecule has 0 aliphatic heterocycles. The van der Waals surface area contributed by atoms with E-state index in [1.807, 2.05) is 55.1 Å². The smallest absolute Gasteiger partial charge is 0.262 e. The quantitative estimate of drug-likeness (QED) is 0.581. The largest absolute Gasteiger partial charge is 0.497 e. The van der Waals surface area contributed by atoms with Gasteiger partial charge in [-0.1, -0.05) is 12.1 Å². The number of amides is 1. The Morgan fingerprint density at radius 1 is 1.23 bits per heavy atom. The van der Waals surface area contributed by atoms with Crippen LogP contribution < -0.4 is 15.0 Å². The van der Waals surface area contributed by atoms with Crippen LogP contribution in [0, 0.1) is 11.3 Å². The zero-order chi connectivity index (χ0) is 18.9. The molecule has 1 aromatic heterocycles. The Morgan fingerprint density at radius 3 is 2.50 bits per heavy atom. The molecule has 6 heteroatoms. The second kappa shape index (κ2) is 9.33. The van der Waals surface area contributed by atoms with Gasteiger partial charge in [-0.05, 0) is 37.6 Å². The Morgan fingerprint density at radius 2 is 1.92 bits per heavy atom. The van der Waals surface area contributed by atoms with Crippen molar-refractivity contribution >= 4 is 17.9 Å². The van der Waals surface area contributed by atoms with E-state index in [9.17, 15) is 10.1 Å². The van der Waals surface area contributed by atoms with Crippen LogP contribution in [0.25, 0.3) is 6.08 Å². The fourth-order valence-electron chi connectivity index (χ4n) is 2.44. The highest BCUT2D eigenvalue weighted by Crippen LogP contribution is 2.20. The first-order chi connectivity index (χ1) is 12.6. The van der Waals surface area contributed by atoms with E-state index in [-0.39, 0.29) is 5.57 Å². The number of benzene rings is 1. The van der Waals surface area contributed by atoms with Crippen molar-refractivity contribution in [3.05, 3.63) is 53.3 Å². The Labute approximate surface area is 153 Å². The van der Waals surface area contributed by atoms with E-state index >= 15 is 0 Å². The van der Waals surface area contributed by atoms with Crippen molar-refractivity contribution in [2.45, 2.75) is 20.4 Å². The van der Waals surface area contributed by atoms with Gasteiger partial charge in [0.25, 0.3) is 5.91 Å². The van der Waals surface area contributed by atoms with Gasteiger partial charge >= 0.3 is 0 Å². The molecule has 0 bridgehead atoms. The molecule has 1 heterocycles. The van der Waals surface area contributed by atoms with Gasteiger partial charge in [0.05, 0.1) is 7.11 Å². The van der Waals surface area contributed by atoms with Crippen molar-refractivity contribution in [1.82, 2.24) is 5.32 Å². The lowest BCUT2D eigenvalue weighted by atomic mass is 10.2. The Kier molecular flexibility index (Phi) is 6.86. The molecule has 0 saturated carbocycles. The average molecular weight is 353 g/mol. The highest BCUT2D eigenvalue weighted by atomic mass is 16.5. The normalized spacial score (nSPS) is 10.9. The molecule has 1 N–H and O–H groups in total. The maximum Gasteiger partial charge on any atom is 0.262 e. The number of nitriles is 1. The number of ether oxygens (including phenoxy) is 1.